The smallest absolute Gasteiger partial charge is 0.312 e. The Morgan fingerprint density at radius 1 is 0.870 bits per heavy atom. The van der Waals surface area contributed by atoms with Gasteiger partial charge in [-0.05, 0) is 44.9 Å². The summed E-state index contributed by atoms with van der Waals surface area (Å²) in [6, 6.07) is 0. The van der Waals surface area contributed by atoms with Gasteiger partial charge in [0.15, 0.2) is 0 Å². The van der Waals surface area contributed by atoms with E-state index in [2.05, 4.69) is 11.0 Å². The Kier molecular flexibility index (Phi) is 4.34. The van der Waals surface area contributed by atoms with E-state index in [0.29, 0.717) is 0 Å². The molecule has 4 atom stereocenters. The molecule has 2 aliphatic heterocycles. The van der Waals surface area contributed by atoms with E-state index in [9.17, 15) is 4.79 Å². The highest BCUT2D eigenvalue weighted by Gasteiger charge is 2.52. The molecular formula is C17H28N2O4. The van der Waals surface area contributed by atoms with E-state index in [4.69, 9.17) is 14.4 Å². The second-order valence-corrected chi connectivity index (χ2v) is 7.59. The number of rotatable bonds is 2. The lowest BCUT2D eigenvalue weighted by atomic mass is 9.73. The molecule has 4 rings (SSSR count). The number of hydrogen-bond donors (Lipinski definition) is 2. The molecule has 4 unspecified atom stereocenters. The summed E-state index contributed by atoms with van der Waals surface area (Å²) in [6.07, 6.45) is 9.90. The molecule has 6 nitrogen and oxygen atoms in total. The molecule has 4 fully saturated rings. The summed E-state index contributed by atoms with van der Waals surface area (Å²) in [6.45, 7) is 1.67. The zero-order valence-electron chi connectivity index (χ0n) is 13.8. The van der Waals surface area contributed by atoms with Crippen LogP contribution in [-0.4, -0.2) is 36.4 Å². The Morgan fingerprint density at radius 2 is 1.52 bits per heavy atom. The molecule has 2 aliphatic carbocycles. The molecule has 0 aromatic rings. The minimum atomic E-state index is -0.341. The normalized spacial score (nSPS) is 44.0. The minimum Gasteiger partial charge on any atom is -0.459 e. The van der Waals surface area contributed by atoms with Gasteiger partial charge in [-0.15, -0.1) is 0 Å². The molecular weight excluding hydrogens is 296 g/mol. The van der Waals surface area contributed by atoms with Gasteiger partial charge in [0.2, 0.25) is 0 Å². The lowest BCUT2D eigenvalue weighted by Gasteiger charge is -2.42. The first-order valence-corrected chi connectivity index (χ1v) is 9.26. The van der Waals surface area contributed by atoms with Crippen molar-refractivity contribution in [2.24, 2.45) is 5.92 Å². The Morgan fingerprint density at radius 3 is 2.22 bits per heavy atom. The number of ether oxygens (including phenoxy) is 1. The molecule has 2 heterocycles. The first-order valence-electron chi connectivity index (χ1n) is 9.26. The van der Waals surface area contributed by atoms with Crippen LogP contribution in [0.4, 0.5) is 0 Å². The van der Waals surface area contributed by atoms with Gasteiger partial charge >= 0.3 is 5.97 Å². The number of hydroxylamine groups is 2. The average molecular weight is 324 g/mol. The third-order valence-electron chi connectivity index (χ3n) is 6.28. The predicted molar refractivity (Wildman–Crippen MR) is 83.2 cm³/mol. The SMILES string of the molecule is O=C(OC1CCCCC12CCNO2)C1CCCCC12CCNO2. The standard InChI is InChI=1S/C17H28N2O4/c20-15(13-5-1-3-7-16(13)9-11-18-22-16)21-14-6-2-4-8-17(14)10-12-19-23-17/h13-14,18-19H,1-12H2. The maximum absolute atomic E-state index is 13.0. The summed E-state index contributed by atoms with van der Waals surface area (Å²) in [4.78, 5) is 24.6. The molecule has 0 bridgehead atoms. The fourth-order valence-electron chi connectivity index (χ4n) is 4.95. The molecule has 2 saturated carbocycles. The zero-order valence-corrected chi connectivity index (χ0v) is 13.8. The van der Waals surface area contributed by atoms with E-state index in [1.165, 1.54) is 0 Å². The van der Waals surface area contributed by atoms with Gasteiger partial charge in [-0.1, -0.05) is 19.3 Å². The van der Waals surface area contributed by atoms with Crippen molar-refractivity contribution in [3.63, 3.8) is 0 Å². The highest BCUT2D eigenvalue weighted by Crippen LogP contribution is 2.43. The largest absolute Gasteiger partial charge is 0.459 e. The van der Waals surface area contributed by atoms with Gasteiger partial charge in [0.25, 0.3) is 0 Å². The molecule has 6 heteroatoms. The van der Waals surface area contributed by atoms with E-state index >= 15 is 0 Å². The van der Waals surface area contributed by atoms with Crippen molar-refractivity contribution in [1.29, 1.82) is 0 Å². The summed E-state index contributed by atoms with van der Waals surface area (Å²) >= 11 is 0. The molecule has 0 aromatic heterocycles. The first kappa shape index (κ1) is 15.8. The number of carbonyl (C=O) groups excluding carboxylic acids is 1. The average Bonchev–Trinajstić information content (AvgIpc) is 3.21. The first-order chi connectivity index (χ1) is 11.2. The summed E-state index contributed by atoms with van der Waals surface area (Å²) < 4.78 is 6.04. The third kappa shape index (κ3) is 2.80. The van der Waals surface area contributed by atoms with Crippen LogP contribution in [-0.2, 0) is 19.2 Å². The monoisotopic (exact) mass is 324 g/mol. The van der Waals surface area contributed by atoms with E-state index in [1.807, 2.05) is 0 Å². The second-order valence-electron chi connectivity index (χ2n) is 7.59. The van der Waals surface area contributed by atoms with Crippen LogP contribution < -0.4 is 11.0 Å². The Bertz CT molecular complexity index is 444. The number of carbonyl (C=O) groups is 1. The van der Waals surface area contributed by atoms with Gasteiger partial charge in [-0.2, -0.15) is 0 Å². The minimum absolute atomic E-state index is 0.0739. The second kappa shape index (κ2) is 6.31. The lowest BCUT2D eigenvalue weighted by Crippen LogP contribution is -2.51. The zero-order chi connectivity index (χ0) is 15.8. The number of esters is 1. The van der Waals surface area contributed by atoms with Gasteiger partial charge in [-0.3, -0.25) is 14.5 Å². The van der Waals surface area contributed by atoms with E-state index in [0.717, 1.165) is 77.3 Å². The highest BCUT2D eigenvalue weighted by molar-refractivity contribution is 5.74. The van der Waals surface area contributed by atoms with Crippen molar-refractivity contribution in [1.82, 2.24) is 11.0 Å². The Balaban J connectivity index is 1.47. The van der Waals surface area contributed by atoms with Crippen molar-refractivity contribution in [3.05, 3.63) is 0 Å². The molecule has 2 N–H and O–H groups in total. The molecule has 0 aromatic carbocycles. The van der Waals surface area contributed by atoms with Crippen molar-refractivity contribution in [2.45, 2.75) is 81.5 Å². The molecule has 0 amide bonds. The lowest BCUT2D eigenvalue weighted by molar-refractivity contribution is -0.199. The van der Waals surface area contributed by atoms with Crippen LogP contribution in [0.3, 0.4) is 0 Å². The Labute approximate surface area is 137 Å². The van der Waals surface area contributed by atoms with Crippen LogP contribution in [0, 0.1) is 5.92 Å². The molecule has 0 radical (unpaired) electrons. The fraction of sp³-hybridized carbons (Fsp3) is 0.941. The van der Waals surface area contributed by atoms with Crippen molar-refractivity contribution in [3.8, 4) is 0 Å². The van der Waals surface area contributed by atoms with Gasteiger partial charge in [-0.25, -0.2) is 11.0 Å². The maximum Gasteiger partial charge on any atom is 0.312 e. The molecule has 130 valence electrons. The summed E-state index contributed by atoms with van der Waals surface area (Å²) in [5.74, 6) is -0.213. The molecule has 4 aliphatic rings. The number of nitrogens with one attached hydrogen (secondary N) is 2. The van der Waals surface area contributed by atoms with Crippen molar-refractivity contribution < 1.29 is 19.2 Å². The van der Waals surface area contributed by atoms with Gasteiger partial charge in [0.05, 0.1) is 5.92 Å². The quantitative estimate of drug-likeness (QED) is 0.757. The van der Waals surface area contributed by atoms with Crippen LogP contribution >= 0.6 is 0 Å². The van der Waals surface area contributed by atoms with Crippen LogP contribution in [0.15, 0.2) is 0 Å². The highest BCUT2D eigenvalue weighted by atomic mass is 16.7. The van der Waals surface area contributed by atoms with Gasteiger partial charge in [0.1, 0.15) is 17.3 Å². The van der Waals surface area contributed by atoms with Crippen LogP contribution in [0.2, 0.25) is 0 Å². The van der Waals surface area contributed by atoms with Gasteiger partial charge in [0, 0.05) is 13.1 Å². The molecule has 2 saturated heterocycles. The van der Waals surface area contributed by atoms with Crippen LogP contribution in [0.1, 0.15) is 64.2 Å². The van der Waals surface area contributed by atoms with Crippen molar-refractivity contribution >= 4 is 5.97 Å². The summed E-state index contributed by atoms with van der Waals surface area (Å²) in [5, 5.41) is 0. The Hall–Kier alpha value is -0.690. The number of hydrogen-bond acceptors (Lipinski definition) is 6. The maximum atomic E-state index is 13.0. The molecule has 2 spiro atoms. The van der Waals surface area contributed by atoms with Crippen LogP contribution in [0.5, 0.6) is 0 Å². The summed E-state index contributed by atoms with van der Waals surface area (Å²) in [7, 11) is 0. The van der Waals surface area contributed by atoms with E-state index in [1.54, 1.807) is 0 Å². The summed E-state index contributed by atoms with van der Waals surface area (Å²) in [5.41, 5.74) is 5.32. The van der Waals surface area contributed by atoms with E-state index in [-0.39, 0.29) is 29.2 Å². The van der Waals surface area contributed by atoms with Crippen LogP contribution in [0.25, 0.3) is 0 Å². The van der Waals surface area contributed by atoms with Crippen molar-refractivity contribution in [2.75, 3.05) is 13.1 Å². The molecule has 23 heavy (non-hydrogen) atoms. The van der Waals surface area contributed by atoms with Gasteiger partial charge < -0.3 is 4.74 Å². The fourth-order valence-corrected chi connectivity index (χ4v) is 4.95. The predicted octanol–water partition coefficient (Wildman–Crippen LogP) is 1.99. The van der Waals surface area contributed by atoms with E-state index < -0.39 is 0 Å². The topological polar surface area (TPSA) is 68.8 Å². The third-order valence-corrected chi connectivity index (χ3v) is 6.28.